The average molecular weight is 275 g/mol. The van der Waals surface area contributed by atoms with Gasteiger partial charge < -0.3 is 15.4 Å². The molecule has 1 fully saturated rings. The summed E-state index contributed by atoms with van der Waals surface area (Å²) in [7, 11) is 1.81. The Bertz CT molecular complexity index is 459. The van der Waals surface area contributed by atoms with Crippen molar-refractivity contribution in [3.63, 3.8) is 0 Å². The lowest BCUT2D eigenvalue weighted by molar-refractivity contribution is 0.133. The van der Waals surface area contributed by atoms with Gasteiger partial charge in [-0.1, -0.05) is 31.2 Å². The van der Waals surface area contributed by atoms with E-state index >= 15 is 0 Å². The van der Waals surface area contributed by atoms with Crippen LogP contribution in [0.5, 0.6) is 0 Å². The molecule has 0 spiro atoms. The van der Waals surface area contributed by atoms with Gasteiger partial charge in [-0.25, -0.2) is 0 Å². The van der Waals surface area contributed by atoms with Gasteiger partial charge in [0.2, 0.25) is 0 Å². The van der Waals surface area contributed by atoms with Gasteiger partial charge in [-0.15, -0.1) is 0 Å². The average Bonchev–Trinajstić information content (AvgIpc) is 3.17. The molecule has 20 heavy (non-hydrogen) atoms. The van der Waals surface area contributed by atoms with Crippen molar-refractivity contribution in [2.45, 2.75) is 39.5 Å². The van der Waals surface area contributed by atoms with Gasteiger partial charge in [0.05, 0.1) is 6.61 Å². The van der Waals surface area contributed by atoms with E-state index in [9.17, 15) is 0 Å². The fourth-order valence-corrected chi connectivity index (χ4v) is 2.16. The van der Waals surface area contributed by atoms with Gasteiger partial charge in [-0.2, -0.15) is 0 Å². The number of ether oxygens (including phenoxy) is 1. The van der Waals surface area contributed by atoms with Gasteiger partial charge in [0, 0.05) is 26.2 Å². The highest BCUT2D eigenvalue weighted by atomic mass is 16.5. The summed E-state index contributed by atoms with van der Waals surface area (Å²) in [5.74, 6) is 1.64. The number of guanidine groups is 1. The first kappa shape index (κ1) is 14.9. The first-order chi connectivity index (χ1) is 9.74. The van der Waals surface area contributed by atoms with Crippen LogP contribution in [0.2, 0.25) is 0 Å². The van der Waals surface area contributed by atoms with E-state index < -0.39 is 0 Å². The van der Waals surface area contributed by atoms with Crippen LogP contribution in [-0.2, 0) is 17.9 Å². The van der Waals surface area contributed by atoms with E-state index in [1.165, 1.54) is 17.5 Å². The molecule has 4 nitrogen and oxygen atoms in total. The van der Waals surface area contributed by atoms with E-state index in [0.29, 0.717) is 12.6 Å². The van der Waals surface area contributed by atoms with Crippen LogP contribution in [-0.4, -0.2) is 25.7 Å². The summed E-state index contributed by atoms with van der Waals surface area (Å²) in [6, 6.07) is 8.95. The van der Waals surface area contributed by atoms with Crippen molar-refractivity contribution in [3.05, 3.63) is 35.4 Å². The second-order valence-corrected chi connectivity index (χ2v) is 5.30. The van der Waals surface area contributed by atoms with Crippen molar-refractivity contribution < 1.29 is 4.74 Å². The number of benzene rings is 1. The molecule has 0 amide bonds. The fraction of sp³-hybridized carbons (Fsp3) is 0.562. The predicted molar refractivity (Wildman–Crippen MR) is 82.7 cm³/mol. The van der Waals surface area contributed by atoms with E-state index in [4.69, 9.17) is 4.74 Å². The first-order valence-corrected chi connectivity index (χ1v) is 7.36. The van der Waals surface area contributed by atoms with Crippen molar-refractivity contribution in [1.29, 1.82) is 0 Å². The zero-order valence-electron chi connectivity index (χ0n) is 12.6. The highest BCUT2D eigenvalue weighted by Crippen LogP contribution is 2.28. The molecule has 0 aromatic heterocycles. The molecule has 2 N–H and O–H groups in total. The number of nitrogens with zero attached hydrogens (tertiary/aromatic N) is 1. The minimum Gasteiger partial charge on any atom is -0.377 e. The minimum atomic E-state index is 0.583. The van der Waals surface area contributed by atoms with Crippen molar-refractivity contribution in [3.8, 4) is 0 Å². The van der Waals surface area contributed by atoms with Crippen LogP contribution in [0.4, 0.5) is 0 Å². The summed E-state index contributed by atoms with van der Waals surface area (Å²) in [4.78, 5) is 4.27. The molecule has 0 radical (unpaired) electrons. The SMILES string of the molecule is CCOCc1ccccc1CNC(=NC)NC1CC1C. The largest absolute Gasteiger partial charge is 0.377 e. The Morgan fingerprint density at radius 1 is 1.35 bits per heavy atom. The molecular formula is C16H25N3O. The lowest BCUT2D eigenvalue weighted by atomic mass is 10.1. The summed E-state index contributed by atoms with van der Waals surface area (Å²) in [5, 5.41) is 6.81. The van der Waals surface area contributed by atoms with Crippen LogP contribution in [0, 0.1) is 5.92 Å². The second-order valence-electron chi connectivity index (χ2n) is 5.30. The van der Waals surface area contributed by atoms with Gasteiger partial charge in [-0.3, -0.25) is 4.99 Å². The molecule has 0 aliphatic heterocycles. The van der Waals surface area contributed by atoms with Crippen LogP contribution in [0.15, 0.2) is 29.3 Å². The van der Waals surface area contributed by atoms with E-state index in [1.807, 2.05) is 14.0 Å². The lowest BCUT2D eigenvalue weighted by Gasteiger charge is -2.14. The summed E-state index contributed by atoms with van der Waals surface area (Å²) >= 11 is 0. The summed E-state index contributed by atoms with van der Waals surface area (Å²) in [6.07, 6.45) is 1.24. The van der Waals surface area contributed by atoms with Crippen molar-refractivity contribution in [2.75, 3.05) is 13.7 Å². The Morgan fingerprint density at radius 2 is 2.05 bits per heavy atom. The Kier molecular flexibility index (Phi) is 5.41. The van der Waals surface area contributed by atoms with Crippen molar-refractivity contribution in [1.82, 2.24) is 10.6 Å². The van der Waals surface area contributed by atoms with Gasteiger partial charge in [-0.05, 0) is 30.4 Å². The topological polar surface area (TPSA) is 45.6 Å². The number of hydrogen-bond acceptors (Lipinski definition) is 2. The standard InChI is InChI=1S/C16H25N3O/c1-4-20-11-14-8-6-5-7-13(14)10-18-16(17-3)19-15-9-12(15)2/h5-8,12,15H,4,9-11H2,1-3H3,(H2,17,18,19). The third-order valence-corrected chi connectivity index (χ3v) is 3.68. The molecule has 1 aromatic carbocycles. The molecule has 0 bridgehead atoms. The maximum Gasteiger partial charge on any atom is 0.191 e. The van der Waals surface area contributed by atoms with Crippen LogP contribution in [0.3, 0.4) is 0 Å². The monoisotopic (exact) mass is 275 g/mol. The molecule has 2 rings (SSSR count). The lowest BCUT2D eigenvalue weighted by Crippen LogP contribution is -2.38. The van der Waals surface area contributed by atoms with E-state index in [0.717, 1.165) is 25.0 Å². The zero-order chi connectivity index (χ0) is 14.4. The van der Waals surface area contributed by atoms with Crippen molar-refractivity contribution >= 4 is 5.96 Å². The third kappa shape index (κ3) is 4.23. The summed E-state index contributed by atoms with van der Waals surface area (Å²) in [5.41, 5.74) is 2.49. The smallest absolute Gasteiger partial charge is 0.191 e. The first-order valence-electron chi connectivity index (χ1n) is 7.36. The van der Waals surface area contributed by atoms with Crippen LogP contribution >= 0.6 is 0 Å². The highest BCUT2D eigenvalue weighted by Gasteiger charge is 2.33. The molecule has 2 unspecified atom stereocenters. The van der Waals surface area contributed by atoms with E-state index in [2.05, 4.69) is 46.8 Å². The number of aliphatic imine (C=N–C) groups is 1. The molecule has 1 aromatic rings. The Balaban J connectivity index is 1.88. The maximum atomic E-state index is 5.51. The minimum absolute atomic E-state index is 0.583. The molecule has 1 aliphatic rings. The molecule has 1 aliphatic carbocycles. The normalized spacial score (nSPS) is 21.6. The predicted octanol–water partition coefficient (Wildman–Crippen LogP) is 2.30. The van der Waals surface area contributed by atoms with Gasteiger partial charge >= 0.3 is 0 Å². The Morgan fingerprint density at radius 3 is 2.65 bits per heavy atom. The van der Waals surface area contributed by atoms with Crippen LogP contribution in [0.25, 0.3) is 0 Å². The van der Waals surface area contributed by atoms with Gasteiger partial charge in [0.25, 0.3) is 0 Å². The molecule has 2 atom stereocenters. The van der Waals surface area contributed by atoms with Gasteiger partial charge in [0.1, 0.15) is 0 Å². The fourth-order valence-electron chi connectivity index (χ4n) is 2.16. The Labute approximate surface area is 121 Å². The summed E-state index contributed by atoms with van der Waals surface area (Å²) in [6.45, 7) is 6.44. The summed E-state index contributed by atoms with van der Waals surface area (Å²) < 4.78 is 5.51. The van der Waals surface area contributed by atoms with E-state index in [-0.39, 0.29) is 0 Å². The van der Waals surface area contributed by atoms with E-state index in [1.54, 1.807) is 0 Å². The molecule has 0 heterocycles. The zero-order valence-corrected chi connectivity index (χ0v) is 12.6. The van der Waals surface area contributed by atoms with Crippen molar-refractivity contribution in [2.24, 2.45) is 10.9 Å². The van der Waals surface area contributed by atoms with Gasteiger partial charge in [0.15, 0.2) is 5.96 Å². The second kappa shape index (κ2) is 7.29. The Hall–Kier alpha value is -1.55. The molecular weight excluding hydrogens is 250 g/mol. The highest BCUT2D eigenvalue weighted by molar-refractivity contribution is 5.80. The molecule has 4 heteroatoms. The number of hydrogen-bond donors (Lipinski definition) is 2. The third-order valence-electron chi connectivity index (χ3n) is 3.68. The van der Waals surface area contributed by atoms with Crippen LogP contribution < -0.4 is 10.6 Å². The molecule has 110 valence electrons. The number of nitrogens with one attached hydrogen (secondary N) is 2. The molecule has 1 saturated carbocycles. The number of rotatable bonds is 6. The van der Waals surface area contributed by atoms with Crippen LogP contribution in [0.1, 0.15) is 31.4 Å². The quantitative estimate of drug-likeness (QED) is 0.618. The maximum absolute atomic E-state index is 5.51. The molecule has 0 saturated heterocycles.